The summed E-state index contributed by atoms with van der Waals surface area (Å²) in [5.41, 5.74) is 4.50. The number of aliphatic carboxylic acids is 1. The highest BCUT2D eigenvalue weighted by atomic mass is 16.4. The van der Waals surface area contributed by atoms with Crippen molar-refractivity contribution in [3.8, 4) is 0 Å². The maximum Gasteiger partial charge on any atom is 0.323 e. The largest absolute Gasteiger partial charge is 0.480 e. The van der Waals surface area contributed by atoms with Gasteiger partial charge in [0.25, 0.3) is 0 Å². The summed E-state index contributed by atoms with van der Waals surface area (Å²) in [6.07, 6.45) is 2.93. The Morgan fingerprint density at radius 1 is 1.80 bits per heavy atom. The van der Waals surface area contributed by atoms with E-state index < -0.39 is 11.5 Å². The Morgan fingerprint density at radius 2 is 2.30 bits per heavy atom. The summed E-state index contributed by atoms with van der Waals surface area (Å²) in [7, 11) is 0. The number of carboxylic acid groups (broad SMARTS) is 1. The fourth-order valence-electron chi connectivity index (χ4n) is 1.01. The van der Waals surface area contributed by atoms with Crippen molar-refractivity contribution in [3.05, 3.63) is 0 Å². The van der Waals surface area contributed by atoms with Crippen LogP contribution >= 0.6 is 0 Å². The minimum absolute atomic E-state index is 0.575. The molecule has 0 amide bonds. The van der Waals surface area contributed by atoms with Crippen molar-refractivity contribution < 1.29 is 9.90 Å². The van der Waals surface area contributed by atoms with Gasteiger partial charge in [-0.3, -0.25) is 4.79 Å². The van der Waals surface area contributed by atoms with Crippen LogP contribution in [0.15, 0.2) is 0 Å². The van der Waals surface area contributed by atoms with E-state index in [1.165, 1.54) is 0 Å². The fraction of sp³-hybridized carbons (Fsp3) is 0.857. The third kappa shape index (κ3) is 1.70. The van der Waals surface area contributed by atoms with Crippen molar-refractivity contribution in [2.45, 2.75) is 31.7 Å². The lowest BCUT2D eigenvalue weighted by Crippen LogP contribution is -2.45. The summed E-state index contributed by atoms with van der Waals surface area (Å²) >= 11 is 0. The molecule has 0 heterocycles. The van der Waals surface area contributed by atoms with Crippen LogP contribution in [0.5, 0.6) is 0 Å². The van der Waals surface area contributed by atoms with Crippen molar-refractivity contribution in [2.75, 3.05) is 0 Å². The van der Waals surface area contributed by atoms with E-state index in [1.807, 2.05) is 0 Å². The highest BCUT2D eigenvalue weighted by Gasteiger charge is 2.35. The summed E-state index contributed by atoms with van der Waals surface area (Å²) < 4.78 is 0. The zero-order chi connectivity index (χ0) is 7.78. The van der Waals surface area contributed by atoms with E-state index in [0.717, 1.165) is 12.8 Å². The van der Waals surface area contributed by atoms with Crippen molar-refractivity contribution >= 4 is 5.97 Å². The van der Waals surface area contributed by atoms with E-state index in [1.54, 1.807) is 6.92 Å². The van der Waals surface area contributed by atoms with Crippen LogP contribution < -0.4 is 5.73 Å². The molecule has 1 aliphatic carbocycles. The molecule has 1 fully saturated rings. The molecular formula is C7H13NO2. The van der Waals surface area contributed by atoms with E-state index in [4.69, 9.17) is 10.8 Å². The summed E-state index contributed by atoms with van der Waals surface area (Å²) in [5.74, 6) is -0.314. The summed E-state index contributed by atoms with van der Waals surface area (Å²) in [5, 5.41) is 8.59. The second-order valence-corrected chi connectivity index (χ2v) is 3.37. The highest BCUT2D eigenvalue weighted by Crippen LogP contribution is 2.35. The lowest BCUT2D eigenvalue weighted by atomic mass is 9.97. The third-order valence-electron chi connectivity index (χ3n) is 1.90. The lowest BCUT2D eigenvalue weighted by Gasteiger charge is -2.17. The third-order valence-corrected chi connectivity index (χ3v) is 1.90. The number of rotatable bonds is 3. The van der Waals surface area contributed by atoms with Crippen LogP contribution in [0, 0.1) is 5.92 Å². The molecule has 0 saturated heterocycles. The second-order valence-electron chi connectivity index (χ2n) is 3.37. The smallest absolute Gasteiger partial charge is 0.323 e. The Morgan fingerprint density at radius 3 is 2.60 bits per heavy atom. The molecule has 1 atom stereocenters. The molecule has 10 heavy (non-hydrogen) atoms. The van der Waals surface area contributed by atoms with Crippen LogP contribution in [0.4, 0.5) is 0 Å². The standard InChI is InChI=1S/C7H13NO2/c1-7(8,6(9)10)4-5-2-3-5/h5H,2-4,8H2,1H3,(H,9,10). The van der Waals surface area contributed by atoms with Gasteiger partial charge in [-0.05, 0) is 19.3 Å². The average molecular weight is 143 g/mol. The van der Waals surface area contributed by atoms with E-state index in [0.29, 0.717) is 12.3 Å². The number of nitrogens with two attached hydrogens (primary N) is 1. The number of carbonyl (C=O) groups is 1. The van der Waals surface area contributed by atoms with Gasteiger partial charge in [0, 0.05) is 0 Å². The molecule has 0 aromatic heterocycles. The Balaban J connectivity index is 2.40. The zero-order valence-corrected chi connectivity index (χ0v) is 6.13. The first-order valence-corrected chi connectivity index (χ1v) is 3.54. The van der Waals surface area contributed by atoms with Gasteiger partial charge in [-0.15, -0.1) is 0 Å². The first-order chi connectivity index (χ1) is 4.52. The molecule has 1 saturated carbocycles. The van der Waals surface area contributed by atoms with E-state index in [9.17, 15) is 4.79 Å². The van der Waals surface area contributed by atoms with E-state index >= 15 is 0 Å². The zero-order valence-electron chi connectivity index (χ0n) is 6.13. The predicted molar refractivity (Wildman–Crippen MR) is 37.6 cm³/mol. The van der Waals surface area contributed by atoms with Crippen LogP contribution in [-0.4, -0.2) is 16.6 Å². The second kappa shape index (κ2) is 2.23. The first kappa shape index (κ1) is 7.54. The van der Waals surface area contributed by atoms with Gasteiger partial charge < -0.3 is 10.8 Å². The van der Waals surface area contributed by atoms with Crippen LogP contribution in [0.2, 0.25) is 0 Å². The molecule has 3 heteroatoms. The van der Waals surface area contributed by atoms with Crippen molar-refractivity contribution in [1.82, 2.24) is 0 Å². The minimum Gasteiger partial charge on any atom is -0.480 e. The van der Waals surface area contributed by atoms with Gasteiger partial charge in [-0.25, -0.2) is 0 Å². The monoisotopic (exact) mass is 143 g/mol. The summed E-state index contributed by atoms with van der Waals surface area (Å²) in [6.45, 7) is 1.58. The molecule has 58 valence electrons. The quantitative estimate of drug-likeness (QED) is 0.607. The van der Waals surface area contributed by atoms with Gasteiger partial charge in [-0.1, -0.05) is 12.8 Å². The molecule has 0 bridgehead atoms. The Kier molecular flexibility index (Phi) is 1.68. The Hall–Kier alpha value is -0.570. The van der Waals surface area contributed by atoms with Gasteiger partial charge in [0.05, 0.1) is 0 Å². The average Bonchev–Trinajstić information content (AvgIpc) is 2.48. The van der Waals surface area contributed by atoms with Crippen molar-refractivity contribution in [2.24, 2.45) is 11.7 Å². The SMILES string of the molecule is CC(N)(CC1CC1)C(=O)O. The molecule has 1 unspecified atom stereocenters. The van der Waals surface area contributed by atoms with Gasteiger partial charge in [0.2, 0.25) is 0 Å². The molecule has 0 spiro atoms. The van der Waals surface area contributed by atoms with Gasteiger partial charge >= 0.3 is 5.97 Å². The number of carboxylic acids is 1. The molecule has 0 aromatic rings. The van der Waals surface area contributed by atoms with Crippen molar-refractivity contribution in [1.29, 1.82) is 0 Å². The summed E-state index contributed by atoms with van der Waals surface area (Å²) in [4.78, 5) is 10.5. The Bertz CT molecular complexity index is 150. The van der Waals surface area contributed by atoms with Crippen LogP contribution in [0.3, 0.4) is 0 Å². The molecule has 0 radical (unpaired) electrons. The first-order valence-electron chi connectivity index (χ1n) is 3.54. The Labute approximate surface area is 60.2 Å². The van der Waals surface area contributed by atoms with E-state index in [2.05, 4.69) is 0 Å². The van der Waals surface area contributed by atoms with Crippen molar-refractivity contribution in [3.63, 3.8) is 0 Å². The van der Waals surface area contributed by atoms with Crippen LogP contribution in [-0.2, 0) is 4.79 Å². The molecule has 1 aliphatic rings. The molecule has 1 rings (SSSR count). The fourth-order valence-corrected chi connectivity index (χ4v) is 1.01. The summed E-state index contributed by atoms with van der Waals surface area (Å²) in [6, 6.07) is 0. The highest BCUT2D eigenvalue weighted by molar-refractivity contribution is 5.77. The van der Waals surface area contributed by atoms with Crippen LogP contribution in [0.25, 0.3) is 0 Å². The lowest BCUT2D eigenvalue weighted by molar-refractivity contribution is -0.143. The van der Waals surface area contributed by atoms with Crippen LogP contribution in [0.1, 0.15) is 26.2 Å². The molecular weight excluding hydrogens is 130 g/mol. The number of hydrogen-bond acceptors (Lipinski definition) is 2. The maximum atomic E-state index is 10.5. The predicted octanol–water partition coefficient (Wildman–Crippen LogP) is 0.589. The van der Waals surface area contributed by atoms with Gasteiger partial charge in [-0.2, -0.15) is 0 Å². The topological polar surface area (TPSA) is 63.3 Å². The number of hydrogen-bond donors (Lipinski definition) is 2. The molecule has 0 aromatic carbocycles. The van der Waals surface area contributed by atoms with E-state index in [-0.39, 0.29) is 0 Å². The molecule has 3 nitrogen and oxygen atoms in total. The minimum atomic E-state index is -0.999. The normalized spacial score (nSPS) is 23.8. The van der Waals surface area contributed by atoms with Gasteiger partial charge in [0.1, 0.15) is 5.54 Å². The maximum absolute atomic E-state index is 10.5. The molecule has 3 N–H and O–H groups in total. The molecule has 0 aliphatic heterocycles. The van der Waals surface area contributed by atoms with Gasteiger partial charge in [0.15, 0.2) is 0 Å².